The van der Waals surface area contributed by atoms with Crippen molar-refractivity contribution in [2.75, 3.05) is 33.1 Å². The number of benzene rings is 2. The van der Waals surface area contributed by atoms with Crippen molar-refractivity contribution in [2.45, 2.75) is 4.90 Å². The maximum absolute atomic E-state index is 12.6. The van der Waals surface area contributed by atoms with Gasteiger partial charge in [0.1, 0.15) is 5.75 Å². The van der Waals surface area contributed by atoms with E-state index in [4.69, 9.17) is 16.3 Å². The van der Waals surface area contributed by atoms with Gasteiger partial charge in [0.2, 0.25) is 15.9 Å². The van der Waals surface area contributed by atoms with E-state index in [1.54, 1.807) is 0 Å². The van der Waals surface area contributed by atoms with Crippen LogP contribution in [0.5, 0.6) is 5.75 Å². The molecule has 2 aromatic carbocycles. The molecule has 10 heteroatoms. The minimum Gasteiger partial charge on any atom is -0.495 e. The summed E-state index contributed by atoms with van der Waals surface area (Å²) >= 11 is 5.77. The second kappa shape index (κ2) is 9.05. The topological polar surface area (TPSA) is 102 Å². The van der Waals surface area contributed by atoms with Gasteiger partial charge in [-0.1, -0.05) is 11.6 Å². The highest BCUT2D eigenvalue weighted by atomic mass is 35.5. The van der Waals surface area contributed by atoms with Crippen LogP contribution in [0.2, 0.25) is 5.02 Å². The number of sulfonamides is 1. The van der Waals surface area contributed by atoms with Crippen LogP contribution in [0.3, 0.4) is 0 Å². The van der Waals surface area contributed by atoms with Gasteiger partial charge in [0, 0.05) is 12.1 Å². The van der Waals surface area contributed by atoms with Crippen LogP contribution in [0.25, 0.3) is 0 Å². The van der Waals surface area contributed by atoms with E-state index in [0.717, 1.165) is 4.31 Å². The van der Waals surface area contributed by atoms with E-state index in [9.17, 15) is 18.0 Å². The van der Waals surface area contributed by atoms with E-state index in [2.05, 4.69) is 10.1 Å². The van der Waals surface area contributed by atoms with Crippen LogP contribution >= 0.6 is 11.6 Å². The number of methoxy groups -OCH3 is 2. The number of carbonyl (C=O) groups excluding carboxylic acids is 2. The molecule has 150 valence electrons. The van der Waals surface area contributed by atoms with E-state index in [1.807, 2.05) is 0 Å². The Bertz CT molecular complexity index is 976. The molecule has 1 amide bonds. The summed E-state index contributed by atoms with van der Waals surface area (Å²) in [5.41, 5.74) is 0.424. The molecule has 0 aromatic heterocycles. The summed E-state index contributed by atoms with van der Waals surface area (Å²) in [6.45, 7) is -0.448. The molecule has 8 nitrogen and oxygen atoms in total. The number of nitrogens with zero attached hydrogens (tertiary/aromatic N) is 1. The molecule has 0 saturated carbocycles. The van der Waals surface area contributed by atoms with Gasteiger partial charge < -0.3 is 14.8 Å². The lowest BCUT2D eigenvalue weighted by atomic mass is 10.2. The quantitative estimate of drug-likeness (QED) is 0.682. The Hall–Kier alpha value is -2.62. The molecular formula is C18H19ClN2O6S. The van der Waals surface area contributed by atoms with Crippen molar-refractivity contribution in [3.8, 4) is 5.75 Å². The van der Waals surface area contributed by atoms with Gasteiger partial charge in [-0.25, -0.2) is 13.2 Å². The average Bonchev–Trinajstić information content (AvgIpc) is 2.67. The number of rotatable bonds is 7. The minimum absolute atomic E-state index is 0.0115. The maximum Gasteiger partial charge on any atom is 0.337 e. The SMILES string of the molecule is COC(=O)c1ccc(OC)c(NC(=O)CN(C)S(=O)(=O)c2ccc(Cl)cc2)c1. The summed E-state index contributed by atoms with van der Waals surface area (Å²) < 4.78 is 35.8. The maximum atomic E-state index is 12.6. The molecule has 0 aliphatic rings. The van der Waals surface area contributed by atoms with Crippen molar-refractivity contribution in [1.29, 1.82) is 0 Å². The summed E-state index contributed by atoms with van der Waals surface area (Å²) in [5.74, 6) is -0.884. The number of hydrogen-bond acceptors (Lipinski definition) is 6. The van der Waals surface area contributed by atoms with E-state index >= 15 is 0 Å². The molecule has 1 N–H and O–H groups in total. The number of esters is 1. The van der Waals surface area contributed by atoms with Crippen LogP contribution in [0.15, 0.2) is 47.4 Å². The predicted molar refractivity (Wildman–Crippen MR) is 104 cm³/mol. The highest BCUT2D eigenvalue weighted by Crippen LogP contribution is 2.26. The first-order valence-electron chi connectivity index (χ1n) is 7.97. The second-order valence-corrected chi connectivity index (χ2v) is 8.15. The van der Waals surface area contributed by atoms with Gasteiger partial charge in [-0.15, -0.1) is 0 Å². The highest BCUT2D eigenvalue weighted by Gasteiger charge is 2.23. The van der Waals surface area contributed by atoms with Gasteiger partial charge in [-0.2, -0.15) is 4.31 Å². The molecule has 28 heavy (non-hydrogen) atoms. The first-order chi connectivity index (χ1) is 13.2. The predicted octanol–water partition coefficient (Wildman–Crippen LogP) is 2.39. The van der Waals surface area contributed by atoms with E-state index < -0.39 is 28.4 Å². The van der Waals surface area contributed by atoms with Crippen molar-refractivity contribution in [1.82, 2.24) is 4.31 Å². The smallest absolute Gasteiger partial charge is 0.337 e. The second-order valence-electron chi connectivity index (χ2n) is 5.67. The lowest BCUT2D eigenvalue weighted by Gasteiger charge is -2.18. The molecule has 0 atom stereocenters. The normalized spacial score (nSPS) is 11.2. The third-order valence-electron chi connectivity index (χ3n) is 3.78. The Morgan fingerprint density at radius 3 is 2.32 bits per heavy atom. The Balaban J connectivity index is 2.17. The monoisotopic (exact) mass is 426 g/mol. The van der Waals surface area contributed by atoms with Crippen molar-refractivity contribution in [2.24, 2.45) is 0 Å². The number of likely N-dealkylation sites (N-methyl/N-ethyl adjacent to an activating group) is 1. The van der Waals surface area contributed by atoms with E-state index in [-0.39, 0.29) is 16.1 Å². The molecule has 2 aromatic rings. The minimum atomic E-state index is -3.88. The van der Waals surface area contributed by atoms with Gasteiger partial charge >= 0.3 is 5.97 Å². The summed E-state index contributed by atoms with van der Waals surface area (Å²) in [6.07, 6.45) is 0. The molecule has 0 aliphatic heterocycles. The van der Waals surface area contributed by atoms with Crippen LogP contribution in [-0.4, -0.2) is 52.4 Å². The molecule has 0 spiro atoms. The van der Waals surface area contributed by atoms with Crippen LogP contribution in [0.1, 0.15) is 10.4 Å². The third-order valence-corrected chi connectivity index (χ3v) is 5.85. The molecule has 2 rings (SSSR count). The number of ether oxygens (including phenoxy) is 2. The van der Waals surface area contributed by atoms with Crippen LogP contribution in [0, 0.1) is 0 Å². The van der Waals surface area contributed by atoms with Crippen LogP contribution < -0.4 is 10.1 Å². The fourth-order valence-corrected chi connectivity index (χ4v) is 3.57. The van der Waals surface area contributed by atoms with Gasteiger partial charge in [0.15, 0.2) is 0 Å². The highest BCUT2D eigenvalue weighted by molar-refractivity contribution is 7.89. The van der Waals surface area contributed by atoms with Crippen molar-refractivity contribution < 1.29 is 27.5 Å². The molecule has 0 saturated heterocycles. The van der Waals surface area contributed by atoms with Gasteiger partial charge in [-0.3, -0.25) is 4.79 Å². The first-order valence-corrected chi connectivity index (χ1v) is 9.79. The molecule has 0 unspecified atom stereocenters. The van der Waals surface area contributed by atoms with Crippen molar-refractivity contribution in [3.63, 3.8) is 0 Å². The Kier molecular flexibility index (Phi) is 7.00. The largest absolute Gasteiger partial charge is 0.495 e. The molecular weight excluding hydrogens is 408 g/mol. The molecule has 0 heterocycles. The third kappa shape index (κ3) is 5.00. The van der Waals surface area contributed by atoms with Gasteiger partial charge in [0.05, 0.1) is 36.9 Å². The summed E-state index contributed by atoms with van der Waals surface area (Å²) in [4.78, 5) is 24.0. The van der Waals surface area contributed by atoms with Gasteiger partial charge in [0.25, 0.3) is 0 Å². The molecule has 0 bridgehead atoms. The Morgan fingerprint density at radius 1 is 1.11 bits per heavy atom. The van der Waals surface area contributed by atoms with Gasteiger partial charge in [-0.05, 0) is 42.5 Å². The number of carbonyl (C=O) groups is 2. The summed E-state index contributed by atoms with van der Waals surface area (Å²) in [7, 11) is 0.0477. The van der Waals surface area contributed by atoms with E-state index in [1.165, 1.54) is 63.7 Å². The van der Waals surface area contributed by atoms with Crippen LogP contribution in [-0.2, 0) is 19.6 Å². The lowest BCUT2D eigenvalue weighted by Crippen LogP contribution is -2.35. The molecule has 0 fully saturated rings. The Labute approximate surface area is 168 Å². The zero-order valence-electron chi connectivity index (χ0n) is 15.4. The zero-order chi connectivity index (χ0) is 20.9. The van der Waals surface area contributed by atoms with Crippen LogP contribution in [0.4, 0.5) is 5.69 Å². The summed E-state index contributed by atoms with van der Waals surface area (Å²) in [5, 5.41) is 2.95. The molecule has 0 radical (unpaired) electrons. The fraction of sp³-hybridized carbons (Fsp3) is 0.222. The number of hydrogen-bond donors (Lipinski definition) is 1. The van der Waals surface area contributed by atoms with E-state index in [0.29, 0.717) is 10.8 Å². The van der Waals surface area contributed by atoms with Crippen molar-refractivity contribution >= 4 is 39.2 Å². The average molecular weight is 427 g/mol. The first kappa shape index (κ1) is 21.7. The van der Waals surface area contributed by atoms with Crippen molar-refractivity contribution in [3.05, 3.63) is 53.1 Å². The number of halogens is 1. The number of nitrogens with one attached hydrogen (secondary N) is 1. The fourth-order valence-electron chi connectivity index (χ4n) is 2.31. The number of amides is 1. The number of anilines is 1. The molecule has 0 aliphatic carbocycles. The lowest BCUT2D eigenvalue weighted by molar-refractivity contribution is -0.116. The summed E-state index contributed by atoms with van der Waals surface area (Å²) in [6, 6.07) is 9.98. The standard InChI is InChI=1S/C18H19ClN2O6S/c1-21(28(24,25)14-7-5-13(19)6-8-14)11-17(22)20-15-10-12(18(23)27-3)4-9-16(15)26-2/h4-10H,11H2,1-3H3,(H,20,22). The Morgan fingerprint density at radius 2 is 1.75 bits per heavy atom. The zero-order valence-corrected chi connectivity index (χ0v) is 17.0.